The molecule has 0 bridgehead atoms. The van der Waals surface area contributed by atoms with Crippen LogP contribution >= 0.6 is 0 Å². The van der Waals surface area contributed by atoms with Gasteiger partial charge in [-0.15, -0.1) is 5.10 Å². The maximum Gasteiger partial charge on any atom is 0.435 e. The number of carbonyl (C=O) groups is 1. The van der Waals surface area contributed by atoms with Crippen LogP contribution in [0, 0.1) is 0 Å². The summed E-state index contributed by atoms with van der Waals surface area (Å²) in [6.45, 7) is 2.07. The first-order valence-corrected chi connectivity index (χ1v) is 6.54. The lowest BCUT2D eigenvalue weighted by atomic mass is 10.1. The van der Waals surface area contributed by atoms with Gasteiger partial charge in [0.2, 0.25) is 0 Å². The molecule has 0 unspecified atom stereocenters. The van der Waals surface area contributed by atoms with Crippen LogP contribution in [0.25, 0.3) is 5.69 Å². The van der Waals surface area contributed by atoms with Gasteiger partial charge in [0.25, 0.3) is 0 Å². The van der Waals surface area contributed by atoms with E-state index in [0.717, 1.165) is 24.8 Å². The predicted octanol–water partition coefficient (Wildman–Crippen LogP) is 3.44. The molecule has 2 aromatic rings. The van der Waals surface area contributed by atoms with Crippen molar-refractivity contribution in [3.63, 3.8) is 0 Å². The summed E-state index contributed by atoms with van der Waals surface area (Å²) in [5.41, 5.74) is -0.593. The average Bonchev–Trinajstić information content (AvgIpc) is 2.89. The molecule has 0 radical (unpaired) electrons. The molecule has 0 N–H and O–H groups in total. The van der Waals surface area contributed by atoms with Crippen LogP contribution in [0.15, 0.2) is 24.3 Å². The van der Waals surface area contributed by atoms with Gasteiger partial charge < -0.3 is 0 Å². The van der Waals surface area contributed by atoms with E-state index in [2.05, 4.69) is 17.2 Å². The molecule has 0 spiro atoms. The zero-order chi connectivity index (χ0) is 15.5. The van der Waals surface area contributed by atoms with Gasteiger partial charge in [-0.2, -0.15) is 13.2 Å². The zero-order valence-electron chi connectivity index (χ0n) is 11.4. The number of rotatable bonds is 5. The van der Waals surface area contributed by atoms with Crippen LogP contribution in [0.4, 0.5) is 13.2 Å². The van der Waals surface area contributed by atoms with Gasteiger partial charge in [-0.25, -0.2) is 4.68 Å². The Balaban J connectivity index is 2.38. The van der Waals surface area contributed by atoms with Gasteiger partial charge in [-0.05, 0) is 30.5 Å². The van der Waals surface area contributed by atoms with Crippen LogP contribution in [0.2, 0.25) is 0 Å². The molecular weight excluding hydrogens is 283 g/mol. The molecule has 0 amide bonds. The zero-order valence-corrected chi connectivity index (χ0v) is 11.4. The molecule has 112 valence electrons. The maximum atomic E-state index is 13.0. The highest BCUT2D eigenvalue weighted by atomic mass is 19.4. The summed E-state index contributed by atoms with van der Waals surface area (Å²) >= 11 is 0. The number of aryl methyl sites for hydroxylation is 1. The van der Waals surface area contributed by atoms with Crippen molar-refractivity contribution in [2.45, 2.75) is 32.4 Å². The Morgan fingerprint density at radius 1 is 1.24 bits per heavy atom. The minimum absolute atomic E-state index is 0.0575. The maximum absolute atomic E-state index is 13.0. The molecule has 1 aromatic carbocycles. The van der Waals surface area contributed by atoms with E-state index in [1.165, 1.54) is 0 Å². The summed E-state index contributed by atoms with van der Waals surface area (Å²) in [5.74, 6) is 0. The van der Waals surface area contributed by atoms with Crippen LogP contribution in [0.1, 0.15) is 41.5 Å². The number of hydrogen-bond acceptors (Lipinski definition) is 3. The van der Waals surface area contributed by atoms with Crippen LogP contribution in [-0.4, -0.2) is 21.3 Å². The highest BCUT2D eigenvalue weighted by molar-refractivity contribution is 5.73. The second-order valence-electron chi connectivity index (χ2n) is 4.62. The first-order chi connectivity index (χ1) is 9.97. The first kappa shape index (κ1) is 15.2. The molecule has 0 saturated heterocycles. The van der Waals surface area contributed by atoms with Crippen molar-refractivity contribution < 1.29 is 18.0 Å². The summed E-state index contributed by atoms with van der Waals surface area (Å²) < 4.78 is 39.6. The fraction of sp³-hybridized carbons (Fsp3) is 0.357. The third kappa shape index (κ3) is 3.29. The topological polar surface area (TPSA) is 47.8 Å². The van der Waals surface area contributed by atoms with Gasteiger partial charge in [0.1, 0.15) is 0 Å². The van der Waals surface area contributed by atoms with E-state index in [-0.39, 0.29) is 12.0 Å². The van der Waals surface area contributed by atoms with E-state index >= 15 is 0 Å². The van der Waals surface area contributed by atoms with E-state index in [9.17, 15) is 18.0 Å². The number of aldehydes is 1. The smallest absolute Gasteiger partial charge is 0.296 e. The fourth-order valence-electron chi connectivity index (χ4n) is 2.00. The van der Waals surface area contributed by atoms with Crippen molar-refractivity contribution >= 4 is 6.29 Å². The lowest BCUT2D eigenvalue weighted by Crippen LogP contribution is -2.15. The second-order valence-corrected chi connectivity index (χ2v) is 4.62. The Bertz CT molecular complexity index is 617. The third-order valence-corrected chi connectivity index (χ3v) is 3.08. The lowest BCUT2D eigenvalue weighted by molar-refractivity contribution is -0.143. The molecule has 1 heterocycles. The molecule has 21 heavy (non-hydrogen) atoms. The lowest BCUT2D eigenvalue weighted by Gasteiger charge is -2.10. The molecule has 0 aliphatic rings. The van der Waals surface area contributed by atoms with Gasteiger partial charge >= 0.3 is 6.18 Å². The number of carbonyl (C=O) groups excluding carboxylic acids is 1. The highest BCUT2D eigenvalue weighted by Gasteiger charge is 2.39. The molecular formula is C14H14F3N3O. The Kier molecular flexibility index (Phi) is 4.40. The normalized spacial score (nSPS) is 11.6. The van der Waals surface area contributed by atoms with Gasteiger partial charge in [0.15, 0.2) is 17.7 Å². The standard InChI is InChI=1S/C14H14F3N3O/c1-2-3-4-10-5-7-11(8-6-10)20-13(14(15,16)17)12(9-21)18-19-20/h5-9H,2-4H2,1H3. The van der Waals surface area contributed by atoms with Crippen LogP contribution < -0.4 is 0 Å². The number of unbranched alkanes of at least 4 members (excludes halogenated alkanes) is 1. The average molecular weight is 297 g/mol. The quantitative estimate of drug-likeness (QED) is 0.794. The number of alkyl halides is 3. The Hall–Kier alpha value is -2.18. The van der Waals surface area contributed by atoms with Crippen molar-refractivity contribution in [3.8, 4) is 5.69 Å². The number of hydrogen-bond donors (Lipinski definition) is 0. The molecule has 0 fully saturated rings. The van der Waals surface area contributed by atoms with Gasteiger partial charge in [-0.1, -0.05) is 30.7 Å². The SMILES string of the molecule is CCCCc1ccc(-n2nnc(C=O)c2C(F)(F)F)cc1. The number of benzene rings is 1. The van der Waals surface area contributed by atoms with E-state index < -0.39 is 17.6 Å². The van der Waals surface area contributed by atoms with Crippen molar-refractivity contribution in [2.24, 2.45) is 0 Å². The van der Waals surface area contributed by atoms with Crippen molar-refractivity contribution in [2.75, 3.05) is 0 Å². The summed E-state index contributed by atoms with van der Waals surface area (Å²) in [4.78, 5) is 10.7. The molecule has 4 nitrogen and oxygen atoms in total. The molecule has 7 heteroatoms. The van der Waals surface area contributed by atoms with Crippen LogP contribution in [-0.2, 0) is 12.6 Å². The Morgan fingerprint density at radius 3 is 2.43 bits per heavy atom. The van der Waals surface area contributed by atoms with Crippen molar-refractivity contribution in [1.82, 2.24) is 15.0 Å². The van der Waals surface area contributed by atoms with E-state index in [1.54, 1.807) is 24.3 Å². The summed E-state index contributed by atoms with van der Waals surface area (Å²) in [6, 6.07) is 6.60. The molecule has 2 rings (SSSR count). The van der Waals surface area contributed by atoms with Gasteiger partial charge in [0, 0.05) is 0 Å². The molecule has 0 atom stereocenters. The largest absolute Gasteiger partial charge is 0.435 e. The second kappa shape index (κ2) is 6.07. The Labute approximate surface area is 119 Å². The van der Waals surface area contributed by atoms with Gasteiger partial charge in [0.05, 0.1) is 5.69 Å². The van der Waals surface area contributed by atoms with E-state index in [0.29, 0.717) is 4.68 Å². The monoisotopic (exact) mass is 297 g/mol. The number of aromatic nitrogens is 3. The summed E-state index contributed by atoms with van der Waals surface area (Å²) in [6.07, 6.45) is -1.69. The minimum atomic E-state index is -4.69. The van der Waals surface area contributed by atoms with Gasteiger partial charge in [-0.3, -0.25) is 4.79 Å². The summed E-state index contributed by atoms with van der Waals surface area (Å²) in [7, 11) is 0. The number of nitrogens with zero attached hydrogens (tertiary/aromatic N) is 3. The van der Waals surface area contributed by atoms with Crippen LogP contribution in [0.3, 0.4) is 0 Å². The van der Waals surface area contributed by atoms with E-state index in [1.807, 2.05) is 0 Å². The highest BCUT2D eigenvalue weighted by Crippen LogP contribution is 2.32. The molecule has 0 saturated carbocycles. The Morgan fingerprint density at radius 2 is 1.90 bits per heavy atom. The summed E-state index contributed by atoms with van der Waals surface area (Å²) in [5, 5.41) is 6.71. The van der Waals surface area contributed by atoms with Crippen molar-refractivity contribution in [1.29, 1.82) is 0 Å². The first-order valence-electron chi connectivity index (χ1n) is 6.54. The molecule has 0 aliphatic carbocycles. The third-order valence-electron chi connectivity index (χ3n) is 3.08. The van der Waals surface area contributed by atoms with E-state index in [4.69, 9.17) is 0 Å². The molecule has 1 aromatic heterocycles. The van der Waals surface area contributed by atoms with Crippen LogP contribution in [0.5, 0.6) is 0 Å². The fourth-order valence-corrected chi connectivity index (χ4v) is 2.00. The molecule has 0 aliphatic heterocycles. The van der Waals surface area contributed by atoms with Crippen molar-refractivity contribution in [3.05, 3.63) is 41.2 Å². The minimum Gasteiger partial charge on any atom is -0.296 e. The predicted molar refractivity (Wildman–Crippen MR) is 70.4 cm³/mol. The number of halogens is 3.